The quantitative estimate of drug-likeness (QED) is 0.430. The molecular weight excluding hydrogens is 394 g/mol. The third-order valence-electron chi connectivity index (χ3n) is 5.20. The highest BCUT2D eigenvalue weighted by Gasteiger charge is 2.62. The van der Waals surface area contributed by atoms with E-state index in [1.165, 1.54) is 12.3 Å². The number of hydrogen-bond donors (Lipinski definition) is 4. The van der Waals surface area contributed by atoms with Crippen molar-refractivity contribution < 1.29 is 19.8 Å². The van der Waals surface area contributed by atoms with Crippen LogP contribution in [0.2, 0.25) is 5.02 Å². The molecule has 1 aromatic rings. The van der Waals surface area contributed by atoms with Crippen LogP contribution in [0.15, 0.2) is 35.5 Å². The van der Waals surface area contributed by atoms with Crippen molar-refractivity contribution in [3.63, 3.8) is 0 Å². The number of allylic oxidation sites excluding steroid dienone is 1. The summed E-state index contributed by atoms with van der Waals surface area (Å²) in [7, 11) is 0. The number of nitrogens with one attached hydrogen (secondary N) is 1. The molecule has 0 aliphatic heterocycles. The Kier molecular flexibility index (Phi) is 7.43. The number of nitrogens with zero attached hydrogens (tertiary/aromatic N) is 1. The number of aliphatic imine (C=N–C) groups is 1. The van der Waals surface area contributed by atoms with Crippen LogP contribution in [-0.2, 0) is 16.1 Å². The largest absolute Gasteiger partial charge is 0.480 e. The van der Waals surface area contributed by atoms with Gasteiger partial charge in [0, 0.05) is 17.2 Å². The Morgan fingerprint density at radius 2 is 2.07 bits per heavy atom. The van der Waals surface area contributed by atoms with E-state index in [-0.39, 0.29) is 18.3 Å². The minimum Gasteiger partial charge on any atom is -0.480 e. The third kappa shape index (κ3) is 5.81. The first-order chi connectivity index (χ1) is 13.6. The topological polar surface area (TPSA) is 125 Å². The first-order valence-corrected chi connectivity index (χ1v) is 9.88. The summed E-state index contributed by atoms with van der Waals surface area (Å²) in [4.78, 5) is 28.1. The summed E-state index contributed by atoms with van der Waals surface area (Å²) in [5.74, 6) is -2.13. The van der Waals surface area contributed by atoms with Crippen LogP contribution in [0.5, 0.6) is 0 Å². The third-order valence-corrected chi connectivity index (χ3v) is 5.42. The van der Waals surface area contributed by atoms with E-state index in [2.05, 4.69) is 10.3 Å². The second-order valence-corrected chi connectivity index (χ2v) is 8.31. The first-order valence-electron chi connectivity index (χ1n) is 9.50. The fraction of sp³-hybridized carbons (Fsp3) is 0.476. The van der Waals surface area contributed by atoms with Gasteiger partial charge in [-0.2, -0.15) is 0 Å². The SMILES string of the molecule is Cc1cc(Cl)cc(CN=C(C=CN)C[C@H](N[C@]2(C(=O)O)C[C@H]2C(C)C)C(=O)O)c1. The molecule has 0 heterocycles. The molecular formula is C21H28ClN3O4. The van der Waals surface area contributed by atoms with Crippen LogP contribution in [0.3, 0.4) is 0 Å². The van der Waals surface area contributed by atoms with Crippen LogP contribution in [0, 0.1) is 18.8 Å². The van der Waals surface area contributed by atoms with Gasteiger partial charge in [-0.15, -0.1) is 0 Å². The van der Waals surface area contributed by atoms with Crippen LogP contribution >= 0.6 is 11.6 Å². The molecule has 8 heteroatoms. The number of benzene rings is 1. The molecule has 0 aromatic heterocycles. The number of aryl methyl sites for hydroxylation is 1. The van der Waals surface area contributed by atoms with E-state index in [4.69, 9.17) is 17.3 Å². The van der Waals surface area contributed by atoms with Gasteiger partial charge in [-0.3, -0.25) is 19.9 Å². The lowest BCUT2D eigenvalue weighted by Crippen LogP contribution is -2.51. The zero-order valence-corrected chi connectivity index (χ0v) is 17.6. The highest BCUT2D eigenvalue weighted by Crippen LogP contribution is 2.49. The second kappa shape index (κ2) is 9.41. The van der Waals surface area contributed by atoms with Crippen molar-refractivity contribution in [3.05, 3.63) is 46.6 Å². The molecule has 0 amide bonds. The Morgan fingerprint density at radius 3 is 2.55 bits per heavy atom. The maximum absolute atomic E-state index is 11.8. The highest BCUT2D eigenvalue weighted by molar-refractivity contribution is 6.30. The van der Waals surface area contributed by atoms with E-state index in [1.54, 1.807) is 6.07 Å². The van der Waals surface area contributed by atoms with Gasteiger partial charge in [-0.25, -0.2) is 0 Å². The predicted molar refractivity (Wildman–Crippen MR) is 113 cm³/mol. The van der Waals surface area contributed by atoms with E-state index in [9.17, 15) is 19.8 Å². The van der Waals surface area contributed by atoms with Gasteiger partial charge < -0.3 is 15.9 Å². The summed E-state index contributed by atoms with van der Waals surface area (Å²) < 4.78 is 0. The van der Waals surface area contributed by atoms with Crippen molar-refractivity contribution in [1.82, 2.24) is 5.32 Å². The van der Waals surface area contributed by atoms with Gasteiger partial charge in [0.1, 0.15) is 11.6 Å². The summed E-state index contributed by atoms with van der Waals surface area (Å²) in [5.41, 5.74) is 6.65. The van der Waals surface area contributed by atoms with Crippen molar-refractivity contribution in [2.75, 3.05) is 0 Å². The summed E-state index contributed by atoms with van der Waals surface area (Å²) in [5, 5.41) is 22.8. The Bertz CT molecular complexity index is 817. The van der Waals surface area contributed by atoms with Gasteiger partial charge in [0.05, 0.1) is 6.54 Å². The molecule has 3 atom stereocenters. The molecule has 0 spiro atoms. The Labute approximate surface area is 175 Å². The smallest absolute Gasteiger partial charge is 0.324 e. The lowest BCUT2D eigenvalue weighted by molar-refractivity contribution is -0.144. The van der Waals surface area contributed by atoms with Crippen LogP contribution < -0.4 is 11.1 Å². The van der Waals surface area contributed by atoms with Crippen LogP contribution in [-0.4, -0.2) is 39.4 Å². The van der Waals surface area contributed by atoms with E-state index in [0.29, 0.717) is 23.7 Å². The number of nitrogens with two attached hydrogens (primary N) is 1. The predicted octanol–water partition coefficient (Wildman–Crippen LogP) is 2.99. The maximum Gasteiger partial charge on any atom is 0.324 e. The number of halogens is 1. The number of carboxylic acid groups (broad SMARTS) is 2. The van der Waals surface area contributed by atoms with Gasteiger partial charge in [-0.05, 0) is 60.7 Å². The molecule has 2 rings (SSSR count). The first kappa shape index (κ1) is 22.9. The van der Waals surface area contributed by atoms with Crippen molar-refractivity contribution in [3.8, 4) is 0 Å². The Hall–Kier alpha value is -2.38. The summed E-state index contributed by atoms with van der Waals surface area (Å²) in [6.45, 7) is 6.11. The molecule has 7 nitrogen and oxygen atoms in total. The zero-order valence-electron chi connectivity index (χ0n) is 16.9. The van der Waals surface area contributed by atoms with E-state index in [1.807, 2.05) is 32.9 Å². The zero-order chi connectivity index (χ0) is 21.8. The number of carboxylic acids is 2. The maximum atomic E-state index is 11.8. The van der Waals surface area contributed by atoms with E-state index >= 15 is 0 Å². The normalized spacial score (nSPS) is 22.8. The average molecular weight is 422 g/mol. The minimum atomic E-state index is -1.21. The minimum absolute atomic E-state index is 0.0163. The van der Waals surface area contributed by atoms with E-state index in [0.717, 1.165) is 11.1 Å². The van der Waals surface area contributed by atoms with Crippen molar-refractivity contribution in [1.29, 1.82) is 0 Å². The molecule has 1 aliphatic carbocycles. The van der Waals surface area contributed by atoms with Gasteiger partial charge in [0.2, 0.25) is 0 Å². The molecule has 0 bridgehead atoms. The summed E-state index contributed by atoms with van der Waals surface area (Å²) in [6, 6.07) is 4.49. The molecule has 0 saturated heterocycles. The molecule has 1 aromatic carbocycles. The lowest BCUT2D eigenvalue weighted by Gasteiger charge is -2.22. The molecule has 1 fully saturated rings. The Balaban J connectivity index is 2.19. The summed E-state index contributed by atoms with van der Waals surface area (Å²) in [6.07, 6.45) is 3.25. The van der Waals surface area contributed by atoms with Crippen LogP contribution in [0.25, 0.3) is 0 Å². The molecule has 0 unspecified atom stereocenters. The van der Waals surface area contributed by atoms with Gasteiger partial charge in [0.25, 0.3) is 0 Å². The molecule has 1 saturated carbocycles. The van der Waals surface area contributed by atoms with Gasteiger partial charge >= 0.3 is 11.9 Å². The lowest BCUT2D eigenvalue weighted by atomic mass is 10.0. The number of hydrogen-bond acceptors (Lipinski definition) is 5. The number of carbonyl (C=O) groups is 2. The molecule has 5 N–H and O–H groups in total. The van der Waals surface area contributed by atoms with Gasteiger partial charge in [-0.1, -0.05) is 31.5 Å². The summed E-state index contributed by atoms with van der Waals surface area (Å²) >= 11 is 6.08. The van der Waals surface area contributed by atoms with Crippen LogP contribution in [0.4, 0.5) is 0 Å². The Morgan fingerprint density at radius 1 is 1.38 bits per heavy atom. The van der Waals surface area contributed by atoms with Crippen LogP contribution in [0.1, 0.15) is 37.8 Å². The molecule has 1 aliphatic rings. The van der Waals surface area contributed by atoms with Crippen molar-refractivity contribution >= 4 is 29.3 Å². The van der Waals surface area contributed by atoms with E-state index < -0.39 is 23.5 Å². The molecule has 29 heavy (non-hydrogen) atoms. The number of aliphatic carboxylic acids is 2. The van der Waals surface area contributed by atoms with Crippen molar-refractivity contribution in [2.24, 2.45) is 22.6 Å². The average Bonchev–Trinajstić information content (AvgIpc) is 3.34. The monoisotopic (exact) mass is 421 g/mol. The molecule has 158 valence electrons. The van der Waals surface area contributed by atoms with Gasteiger partial charge in [0.15, 0.2) is 0 Å². The molecule has 0 radical (unpaired) electrons. The number of rotatable bonds is 10. The fourth-order valence-electron chi connectivity index (χ4n) is 3.68. The standard InChI is InChI=1S/C21H28ClN3O4/c1-12(2)17-10-21(17,20(28)29)25-18(19(26)27)9-16(4-5-23)24-11-14-6-13(3)7-15(22)8-14/h4-8,12,17-18,25H,9-11,23H2,1-3H3,(H,26,27)(H,28,29)/t17-,18-,21+/m0/s1. The fourth-order valence-corrected chi connectivity index (χ4v) is 3.99. The highest BCUT2D eigenvalue weighted by atomic mass is 35.5. The van der Waals surface area contributed by atoms with Crippen molar-refractivity contribution in [2.45, 2.75) is 51.7 Å². The second-order valence-electron chi connectivity index (χ2n) is 7.87.